The molecule has 1 atom stereocenters. The minimum atomic E-state index is -0.0974. The number of para-hydroxylation sites is 1. The minimum absolute atomic E-state index is 0.0974. The summed E-state index contributed by atoms with van der Waals surface area (Å²) in [5.41, 5.74) is 1.75. The van der Waals surface area contributed by atoms with Crippen LogP contribution in [0.3, 0.4) is 0 Å². The van der Waals surface area contributed by atoms with Crippen LogP contribution >= 0.6 is 11.8 Å². The average molecular weight is 452 g/mol. The van der Waals surface area contributed by atoms with Gasteiger partial charge in [-0.2, -0.15) is 4.98 Å². The van der Waals surface area contributed by atoms with Crippen molar-refractivity contribution in [2.75, 3.05) is 14.2 Å². The van der Waals surface area contributed by atoms with E-state index in [4.69, 9.17) is 14.0 Å². The van der Waals surface area contributed by atoms with Gasteiger partial charge in [0.1, 0.15) is 11.5 Å². The highest BCUT2D eigenvalue weighted by atomic mass is 32.2. The molecule has 0 spiro atoms. The number of hydrogen-bond donors (Lipinski definition) is 0. The monoisotopic (exact) mass is 451 g/mol. The number of methoxy groups -OCH3 is 2. The molecule has 0 saturated carbocycles. The third-order valence-corrected chi connectivity index (χ3v) is 5.93. The number of ether oxygens (including phenoxy) is 2. The summed E-state index contributed by atoms with van der Waals surface area (Å²) in [5.74, 6) is 3.47. The van der Waals surface area contributed by atoms with E-state index in [1.165, 1.54) is 11.8 Å². The van der Waals surface area contributed by atoms with Crippen LogP contribution in [0.15, 0.2) is 58.2 Å². The molecule has 0 fully saturated rings. The molecule has 0 aliphatic heterocycles. The fourth-order valence-corrected chi connectivity index (χ4v) is 4.18. The Balaban J connectivity index is 1.75. The summed E-state index contributed by atoms with van der Waals surface area (Å²) >= 11 is 1.51. The van der Waals surface area contributed by atoms with Gasteiger partial charge in [0.15, 0.2) is 16.8 Å². The molecule has 2 aromatic carbocycles. The molecule has 9 heteroatoms. The Kier molecular flexibility index (Phi) is 6.75. The van der Waals surface area contributed by atoms with Gasteiger partial charge in [-0.05, 0) is 49.7 Å². The van der Waals surface area contributed by atoms with Crippen molar-refractivity contribution in [2.24, 2.45) is 0 Å². The quantitative estimate of drug-likeness (QED) is 0.323. The Hall–Kier alpha value is -3.33. The van der Waals surface area contributed by atoms with E-state index in [0.717, 1.165) is 41.4 Å². The molecule has 166 valence electrons. The van der Waals surface area contributed by atoms with Gasteiger partial charge in [-0.3, -0.25) is 4.57 Å². The number of rotatable bonds is 9. The fraction of sp³-hybridized carbons (Fsp3) is 0.304. The smallest absolute Gasteiger partial charge is 0.239 e. The van der Waals surface area contributed by atoms with Crippen LogP contribution < -0.4 is 9.47 Å². The van der Waals surface area contributed by atoms with Gasteiger partial charge in [0.2, 0.25) is 5.89 Å². The Morgan fingerprint density at radius 2 is 1.81 bits per heavy atom. The van der Waals surface area contributed by atoms with Crippen LogP contribution in [0.1, 0.15) is 37.2 Å². The molecular formula is C23H25N5O3S. The Bertz CT molecular complexity index is 1170. The van der Waals surface area contributed by atoms with Gasteiger partial charge in [-0.25, -0.2) is 0 Å². The highest BCUT2D eigenvalue weighted by Gasteiger charge is 2.23. The first kappa shape index (κ1) is 21.9. The lowest BCUT2D eigenvalue weighted by molar-refractivity contribution is 0.374. The third-order valence-electron chi connectivity index (χ3n) is 4.90. The molecule has 2 heterocycles. The Labute approximate surface area is 191 Å². The van der Waals surface area contributed by atoms with E-state index in [1.54, 1.807) is 14.2 Å². The number of hydrogen-bond acceptors (Lipinski definition) is 8. The fourth-order valence-electron chi connectivity index (χ4n) is 3.28. The second kappa shape index (κ2) is 9.86. The van der Waals surface area contributed by atoms with Crippen molar-refractivity contribution in [3.63, 3.8) is 0 Å². The van der Waals surface area contributed by atoms with E-state index in [9.17, 15) is 0 Å². The number of nitrogens with zero attached hydrogens (tertiary/aromatic N) is 5. The predicted molar refractivity (Wildman–Crippen MR) is 122 cm³/mol. The van der Waals surface area contributed by atoms with Gasteiger partial charge in [-0.15, -0.1) is 10.2 Å². The second-order valence-corrected chi connectivity index (χ2v) is 8.41. The van der Waals surface area contributed by atoms with Crippen LogP contribution in [0.25, 0.3) is 17.1 Å². The lowest BCUT2D eigenvalue weighted by Gasteiger charge is -2.14. The topological polar surface area (TPSA) is 88.1 Å². The number of thioether (sulfide) groups is 1. The molecule has 8 nitrogen and oxygen atoms in total. The Morgan fingerprint density at radius 1 is 1.03 bits per heavy atom. The molecule has 0 aliphatic rings. The van der Waals surface area contributed by atoms with Crippen LogP contribution in [-0.2, 0) is 6.42 Å². The third kappa shape index (κ3) is 4.47. The van der Waals surface area contributed by atoms with E-state index < -0.39 is 0 Å². The summed E-state index contributed by atoms with van der Waals surface area (Å²) in [6.45, 7) is 4.11. The first-order chi connectivity index (χ1) is 15.6. The highest BCUT2D eigenvalue weighted by molar-refractivity contribution is 7.99. The van der Waals surface area contributed by atoms with E-state index in [0.29, 0.717) is 16.9 Å². The van der Waals surface area contributed by atoms with Crippen molar-refractivity contribution >= 4 is 11.8 Å². The van der Waals surface area contributed by atoms with Gasteiger partial charge in [0.05, 0.1) is 30.7 Å². The molecule has 1 unspecified atom stereocenters. The first-order valence-electron chi connectivity index (χ1n) is 10.4. The highest BCUT2D eigenvalue weighted by Crippen LogP contribution is 2.38. The molecule has 4 rings (SSSR count). The van der Waals surface area contributed by atoms with Crippen molar-refractivity contribution in [3.8, 4) is 28.6 Å². The average Bonchev–Trinajstić information content (AvgIpc) is 3.47. The SMILES string of the molecule is CCCc1noc(C(C)Sc2nnc(-c3ccccc3OC)n2-c2ccc(OC)cc2)n1. The van der Waals surface area contributed by atoms with Crippen molar-refractivity contribution in [2.45, 2.75) is 37.1 Å². The summed E-state index contributed by atoms with van der Waals surface area (Å²) in [6.07, 6.45) is 1.76. The molecule has 0 N–H and O–H groups in total. The molecule has 0 radical (unpaired) electrons. The van der Waals surface area contributed by atoms with Gasteiger partial charge in [0, 0.05) is 6.42 Å². The lowest BCUT2D eigenvalue weighted by atomic mass is 10.2. The molecule has 0 bridgehead atoms. The van der Waals surface area contributed by atoms with Crippen molar-refractivity contribution in [1.82, 2.24) is 24.9 Å². The summed E-state index contributed by atoms with van der Waals surface area (Å²) in [4.78, 5) is 4.52. The maximum absolute atomic E-state index is 5.57. The summed E-state index contributed by atoms with van der Waals surface area (Å²) in [5, 5.41) is 13.7. The minimum Gasteiger partial charge on any atom is -0.497 e. The molecule has 4 aromatic rings. The lowest BCUT2D eigenvalue weighted by Crippen LogP contribution is -2.02. The summed E-state index contributed by atoms with van der Waals surface area (Å²) in [6, 6.07) is 15.5. The maximum atomic E-state index is 5.57. The standard InChI is InChI=1S/C23H25N5O3S/c1-5-8-20-24-22(31-27-20)15(2)32-23-26-25-21(18-9-6-7-10-19(18)30-4)28(23)16-11-13-17(29-3)14-12-16/h6-7,9-15H,5,8H2,1-4H3. The van der Waals surface area contributed by atoms with E-state index in [1.807, 2.05) is 60.0 Å². The number of benzene rings is 2. The normalized spacial score (nSPS) is 12.0. The van der Waals surface area contributed by atoms with Crippen LogP contribution in [0.4, 0.5) is 0 Å². The van der Waals surface area contributed by atoms with Crippen LogP contribution in [0, 0.1) is 0 Å². The molecule has 2 aromatic heterocycles. The largest absolute Gasteiger partial charge is 0.497 e. The molecular weight excluding hydrogens is 426 g/mol. The molecule has 0 aliphatic carbocycles. The zero-order chi connectivity index (χ0) is 22.5. The zero-order valence-electron chi connectivity index (χ0n) is 18.5. The van der Waals surface area contributed by atoms with E-state index in [2.05, 4.69) is 27.3 Å². The maximum Gasteiger partial charge on any atom is 0.239 e. The number of aryl methyl sites for hydroxylation is 1. The zero-order valence-corrected chi connectivity index (χ0v) is 19.3. The van der Waals surface area contributed by atoms with Crippen molar-refractivity contribution in [1.29, 1.82) is 0 Å². The van der Waals surface area contributed by atoms with Crippen molar-refractivity contribution in [3.05, 3.63) is 60.2 Å². The summed E-state index contributed by atoms with van der Waals surface area (Å²) < 4.78 is 18.4. The second-order valence-electron chi connectivity index (χ2n) is 7.10. The molecule has 32 heavy (non-hydrogen) atoms. The molecule has 0 amide bonds. The van der Waals surface area contributed by atoms with Crippen molar-refractivity contribution < 1.29 is 14.0 Å². The Morgan fingerprint density at radius 3 is 2.53 bits per heavy atom. The van der Waals surface area contributed by atoms with Crippen LogP contribution in [-0.4, -0.2) is 39.1 Å². The first-order valence-corrected chi connectivity index (χ1v) is 11.2. The van der Waals surface area contributed by atoms with Crippen LogP contribution in [0.5, 0.6) is 11.5 Å². The van der Waals surface area contributed by atoms with E-state index >= 15 is 0 Å². The van der Waals surface area contributed by atoms with Gasteiger partial charge in [0.25, 0.3) is 0 Å². The van der Waals surface area contributed by atoms with Gasteiger partial charge in [-0.1, -0.05) is 36.0 Å². The van der Waals surface area contributed by atoms with E-state index in [-0.39, 0.29) is 5.25 Å². The van der Waals surface area contributed by atoms with Gasteiger partial charge >= 0.3 is 0 Å². The molecule has 0 saturated heterocycles. The van der Waals surface area contributed by atoms with Gasteiger partial charge < -0.3 is 14.0 Å². The van der Waals surface area contributed by atoms with Crippen LogP contribution in [0.2, 0.25) is 0 Å². The summed E-state index contributed by atoms with van der Waals surface area (Å²) in [7, 11) is 3.29. The predicted octanol–water partition coefficient (Wildman–Crippen LogP) is 5.14. The number of aromatic nitrogens is 5.